The summed E-state index contributed by atoms with van der Waals surface area (Å²) in [6.45, 7) is 2.18. The van der Waals surface area contributed by atoms with E-state index in [4.69, 9.17) is 0 Å². The van der Waals surface area contributed by atoms with Gasteiger partial charge in [-0.1, -0.05) is 34.1 Å². The molecule has 1 N–H and O–H groups in total. The van der Waals surface area contributed by atoms with Crippen LogP contribution in [0.3, 0.4) is 0 Å². The standard InChI is InChI=1S/C13H14BrN3O3/c1-3-8-4-5-9(14)6-10(8)12(18)17(2)7-11-15-13(19)20-16-11/h4-6H,3,7H2,1-2H3,(H,15,16,19). The zero-order valence-corrected chi connectivity index (χ0v) is 12.7. The Morgan fingerprint density at radius 3 is 2.85 bits per heavy atom. The number of benzene rings is 1. The third-order valence-electron chi connectivity index (χ3n) is 2.90. The molecule has 0 aliphatic carbocycles. The van der Waals surface area contributed by atoms with Gasteiger partial charge in [0.15, 0.2) is 5.82 Å². The number of carbonyl (C=O) groups is 1. The lowest BCUT2D eigenvalue weighted by molar-refractivity contribution is 0.0779. The van der Waals surface area contributed by atoms with Crippen LogP contribution in [0.2, 0.25) is 0 Å². The van der Waals surface area contributed by atoms with Crippen molar-refractivity contribution in [3.05, 3.63) is 50.2 Å². The molecule has 2 aromatic rings. The first-order valence-corrected chi connectivity index (χ1v) is 6.89. The summed E-state index contributed by atoms with van der Waals surface area (Å²) in [6.07, 6.45) is 0.767. The number of carbonyl (C=O) groups excluding carboxylic acids is 1. The van der Waals surface area contributed by atoms with Gasteiger partial charge in [0.1, 0.15) is 0 Å². The zero-order valence-electron chi connectivity index (χ0n) is 11.1. The van der Waals surface area contributed by atoms with E-state index < -0.39 is 5.76 Å². The van der Waals surface area contributed by atoms with Gasteiger partial charge >= 0.3 is 5.76 Å². The van der Waals surface area contributed by atoms with Crippen LogP contribution in [0.5, 0.6) is 0 Å². The van der Waals surface area contributed by atoms with E-state index in [1.54, 1.807) is 13.1 Å². The second-order valence-corrected chi connectivity index (χ2v) is 5.27. The van der Waals surface area contributed by atoms with E-state index in [1.807, 2.05) is 19.1 Å². The third-order valence-corrected chi connectivity index (χ3v) is 3.40. The van der Waals surface area contributed by atoms with Crippen LogP contribution in [-0.2, 0) is 13.0 Å². The van der Waals surface area contributed by atoms with E-state index >= 15 is 0 Å². The van der Waals surface area contributed by atoms with E-state index in [1.165, 1.54) is 4.90 Å². The molecule has 7 heteroatoms. The molecule has 106 valence electrons. The Kier molecular flexibility index (Phi) is 4.39. The number of hydrogen-bond donors (Lipinski definition) is 1. The normalized spacial score (nSPS) is 10.6. The number of aryl methyl sites for hydroxylation is 1. The average molecular weight is 340 g/mol. The highest BCUT2D eigenvalue weighted by molar-refractivity contribution is 9.10. The maximum atomic E-state index is 12.4. The largest absolute Gasteiger partial charge is 0.438 e. The summed E-state index contributed by atoms with van der Waals surface area (Å²) in [5.74, 6) is -0.441. The molecule has 0 atom stereocenters. The molecule has 0 fully saturated rings. The molecule has 20 heavy (non-hydrogen) atoms. The molecule has 0 bridgehead atoms. The number of nitrogens with one attached hydrogen (secondary N) is 1. The predicted molar refractivity (Wildman–Crippen MR) is 76.4 cm³/mol. The fraction of sp³-hybridized carbons (Fsp3) is 0.308. The highest BCUT2D eigenvalue weighted by atomic mass is 79.9. The van der Waals surface area contributed by atoms with Crippen molar-refractivity contribution in [1.29, 1.82) is 0 Å². The number of aromatic nitrogens is 2. The highest BCUT2D eigenvalue weighted by Crippen LogP contribution is 2.19. The first kappa shape index (κ1) is 14.5. The van der Waals surface area contributed by atoms with Gasteiger partial charge in [0, 0.05) is 17.1 Å². The van der Waals surface area contributed by atoms with Crippen molar-refractivity contribution in [2.45, 2.75) is 19.9 Å². The van der Waals surface area contributed by atoms with E-state index in [0.29, 0.717) is 11.4 Å². The molecule has 1 amide bonds. The minimum Gasteiger partial charge on any atom is -0.334 e. The lowest BCUT2D eigenvalue weighted by Crippen LogP contribution is -2.27. The van der Waals surface area contributed by atoms with Crippen molar-refractivity contribution in [2.75, 3.05) is 7.05 Å². The maximum Gasteiger partial charge on any atom is 0.438 e. The number of hydrogen-bond acceptors (Lipinski definition) is 4. The topological polar surface area (TPSA) is 79.2 Å². The number of H-pyrrole nitrogens is 1. The van der Waals surface area contributed by atoms with Crippen LogP contribution in [0.1, 0.15) is 28.7 Å². The average Bonchev–Trinajstić information content (AvgIpc) is 2.83. The lowest BCUT2D eigenvalue weighted by atomic mass is 10.0. The molecule has 0 radical (unpaired) electrons. The van der Waals surface area contributed by atoms with Gasteiger partial charge in [-0.15, -0.1) is 0 Å². The third kappa shape index (κ3) is 3.16. The van der Waals surface area contributed by atoms with Gasteiger partial charge in [-0.25, -0.2) is 4.79 Å². The fourth-order valence-corrected chi connectivity index (χ4v) is 2.25. The van der Waals surface area contributed by atoms with Crippen molar-refractivity contribution >= 4 is 21.8 Å². The molecule has 0 saturated heterocycles. The molecule has 1 aromatic heterocycles. The SMILES string of the molecule is CCc1ccc(Br)cc1C(=O)N(C)Cc1noc(=O)[nH]1. The van der Waals surface area contributed by atoms with Crippen molar-refractivity contribution in [3.8, 4) is 0 Å². The Morgan fingerprint density at radius 1 is 1.50 bits per heavy atom. The number of nitrogens with zero attached hydrogens (tertiary/aromatic N) is 2. The van der Waals surface area contributed by atoms with Crippen LogP contribution in [0.4, 0.5) is 0 Å². The van der Waals surface area contributed by atoms with Gasteiger partial charge in [0.25, 0.3) is 5.91 Å². The van der Waals surface area contributed by atoms with Gasteiger partial charge < -0.3 is 4.90 Å². The molecule has 0 unspecified atom stereocenters. The maximum absolute atomic E-state index is 12.4. The summed E-state index contributed by atoms with van der Waals surface area (Å²) in [5, 5.41) is 3.55. The predicted octanol–water partition coefficient (Wildman–Crippen LogP) is 1.96. The lowest BCUT2D eigenvalue weighted by Gasteiger charge is -2.17. The Morgan fingerprint density at radius 2 is 2.25 bits per heavy atom. The summed E-state index contributed by atoms with van der Waals surface area (Å²) in [6, 6.07) is 5.62. The smallest absolute Gasteiger partial charge is 0.334 e. The van der Waals surface area contributed by atoms with Crippen LogP contribution in [0.15, 0.2) is 32.0 Å². The zero-order chi connectivity index (χ0) is 14.7. The summed E-state index contributed by atoms with van der Waals surface area (Å²) in [7, 11) is 1.65. The second-order valence-electron chi connectivity index (χ2n) is 4.36. The molecule has 0 saturated carbocycles. The molecule has 0 aliphatic rings. The summed E-state index contributed by atoms with van der Waals surface area (Å²) >= 11 is 3.37. The summed E-state index contributed by atoms with van der Waals surface area (Å²) in [4.78, 5) is 27.2. The van der Waals surface area contributed by atoms with Gasteiger partial charge in [0.05, 0.1) is 6.54 Å². The molecule has 6 nitrogen and oxygen atoms in total. The second kappa shape index (κ2) is 6.04. The monoisotopic (exact) mass is 339 g/mol. The highest BCUT2D eigenvalue weighted by Gasteiger charge is 2.17. The number of aromatic amines is 1. The summed E-state index contributed by atoms with van der Waals surface area (Å²) < 4.78 is 5.26. The van der Waals surface area contributed by atoms with Crippen LogP contribution < -0.4 is 5.76 Å². The molecule has 1 heterocycles. The fourth-order valence-electron chi connectivity index (χ4n) is 1.89. The van der Waals surface area contributed by atoms with Crippen LogP contribution in [0, 0.1) is 0 Å². The van der Waals surface area contributed by atoms with Crippen molar-refractivity contribution in [3.63, 3.8) is 0 Å². The minimum absolute atomic E-state index is 0.132. The Balaban J connectivity index is 2.22. The van der Waals surface area contributed by atoms with Crippen LogP contribution in [0.25, 0.3) is 0 Å². The van der Waals surface area contributed by atoms with Gasteiger partial charge in [0.2, 0.25) is 0 Å². The van der Waals surface area contributed by atoms with Gasteiger partial charge in [-0.2, -0.15) is 0 Å². The van der Waals surface area contributed by atoms with Crippen molar-refractivity contribution in [2.24, 2.45) is 0 Å². The molecular formula is C13H14BrN3O3. The van der Waals surface area contributed by atoms with Crippen molar-refractivity contribution < 1.29 is 9.32 Å². The summed E-state index contributed by atoms with van der Waals surface area (Å²) in [5.41, 5.74) is 1.61. The van der Waals surface area contributed by atoms with E-state index in [-0.39, 0.29) is 12.5 Å². The Hall–Kier alpha value is -1.89. The minimum atomic E-state index is -0.627. The molecule has 1 aromatic carbocycles. The molecule has 2 rings (SSSR count). The first-order chi connectivity index (χ1) is 9.51. The van der Waals surface area contributed by atoms with E-state index in [0.717, 1.165) is 16.5 Å². The van der Waals surface area contributed by atoms with Crippen molar-refractivity contribution in [1.82, 2.24) is 15.0 Å². The van der Waals surface area contributed by atoms with Gasteiger partial charge in [-0.3, -0.25) is 14.3 Å². The Bertz CT molecular complexity index is 677. The van der Waals surface area contributed by atoms with Crippen LogP contribution in [-0.4, -0.2) is 28.0 Å². The number of halogens is 1. The number of amides is 1. The van der Waals surface area contributed by atoms with Gasteiger partial charge in [-0.05, 0) is 24.1 Å². The molecule has 0 aliphatic heterocycles. The Labute approximate surface area is 123 Å². The number of rotatable bonds is 4. The molecule has 0 spiro atoms. The van der Waals surface area contributed by atoms with E-state index in [9.17, 15) is 9.59 Å². The first-order valence-electron chi connectivity index (χ1n) is 6.10. The van der Waals surface area contributed by atoms with E-state index in [2.05, 4.69) is 30.6 Å². The quantitative estimate of drug-likeness (QED) is 0.923. The molecular weight excluding hydrogens is 326 g/mol. The van der Waals surface area contributed by atoms with Crippen LogP contribution >= 0.6 is 15.9 Å².